The van der Waals surface area contributed by atoms with Crippen molar-refractivity contribution < 1.29 is 14.7 Å². The van der Waals surface area contributed by atoms with E-state index in [4.69, 9.17) is 34.8 Å². The molecule has 0 aliphatic heterocycles. The lowest BCUT2D eigenvalue weighted by atomic mass is 10.7. The summed E-state index contributed by atoms with van der Waals surface area (Å²) in [5.41, 5.74) is 0. The van der Waals surface area contributed by atoms with Gasteiger partial charge in [-0.15, -0.1) is 0 Å². The molecule has 0 radical (unpaired) electrons. The maximum absolute atomic E-state index is 10.3. The summed E-state index contributed by atoms with van der Waals surface area (Å²) >= 11 is 14.9. The molecule has 0 aromatic carbocycles. The molecule has 0 aliphatic rings. The molecule has 0 fully saturated rings. The smallest absolute Gasteiger partial charge is 0.277 e. The predicted molar refractivity (Wildman–Crippen MR) is 33.8 cm³/mol. The molecule has 2 amide bonds. The first-order chi connectivity index (χ1) is 4.34. The molecule has 1 N–H and O–H groups in total. The first-order valence-electron chi connectivity index (χ1n) is 1.93. The fraction of sp³-hybridized carbons (Fsp3) is 0.333. The largest absolute Gasteiger partial charge is 0.530 e. The molecular weight excluding hydrogens is 204 g/mol. The highest BCUT2D eigenvalue weighted by molar-refractivity contribution is 6.76. The SMILES string of the molecule is O=C([O-])NC(=O)C(Cl)(Cl)Cl. The van der Waals surface area contributed by atoms with E-state index >= 15 is 0 Å². The van der Waals surface area contributed by atoms with Crippen molar-refractivity contribution in [2.75, 3.05) is 0 Å². The lowest BCUT2D eigenvalue weighted by molar-refractivity contribution is -0.250. The third kappa shape index (κ3) is 3.76. The Morgan fingerprint density at radius 3 is 1.80 bits per heavy atom. The van der Waals surface area contributed by atoms with Gasteiger partial charge in [-0.25, -0.2) is 0 Å². The Morgan fingerprint density at radius 2 is 1.70 bits per heavy atom. The van der Waals surface area contributed by atoms with Gasteiger partial charge in [0.15, 0.2) is 0 Å². The third-order valence-electron chi connectivity index (χ3n) is 0.473. The van der Waals surface area contributed by atoms with E-state index in [1.165, 1.54) is 5.32 Å². The Bertz CT molecular complexity index is 163. The van der Waals surface area contributed by atoms with Crippen LogP contribution in [0.1, 0.15) is 0 Å². The molecule has 0 aliphatic carbocycles. The highest BCUT2D eigenvalue weighted by atomic mass is 35.6. The highest BCUT2D eigenvalue weighted by Gasteiger charge is 2.30. The second kappa shape index (κ2) is 3.27. The van der Waals surface area contributed by atoms with Gasteiger partial charge in [-0.2, -0.15) is 0 Å². The average Bonchev–Trinajstić information content (AvgIpc) is 1.60. The number of carbonyl (C=O) groups excluding carboxylic acids is 2. The van der Waals surface area contributed by atoms with Gasteiger partial charge in [0, 0.05) is 0 Å². The average molecular weight is 205 g/mol. The van der Waals surface area contributed by atoms with Crippen LogP contribution in [0.4, 0.5) is 4.79 Å². The Kier molecular flexibility index (Phi) is 3.21. The fourth-order valence-corrected chi connectivity index (χ4v) is 0.305. The molecule has 0 atom stereocenters. The molecular formula is C3HCl3NO3-. The third-order valence-corrected chi connectivity index (χ3v) is 0.988. The number of hydrogen-bond acceptors (Lipinski definition) is 3. The van der Waals surface area contributed by atoms with Crippen molar-refractivity contribution >= 4 is 46.8 Å². The minimum Gasteiger partial charge on any atom is -0.530 e. The minimum absolute atomic E-state index is 1.25. The zero-order valence-corrected chi connectivity index (χ0v) is 6.63. The summed E-state index contributed by atoms with van der Waals surface area (Å²) in [6.45, 7) is 0. The van der Waals surface area contributed by atoms with E-state index in [1.807, 2.05) is 0 Å². The van der Waals surface area contributed by atoms with Crippen molar-refractivity contribution in [2.24, 2.45) is 0 Å². The number of halogens is 3. The lowest BCUT2D eigenvalue weighted by Gasteiger charge is -2.10. The van der Waals surface area contributed by atoms with E-state index in [0.29, 0.717) is 0 Å². The van der Waals surface area contributed by atoms with Crippen molar-refractivity contribution in [3.63, 3.8) is 0 Å². The van der Waals surface area contributed by atoms with Crippen molar-refractivity contribution in [1.29, 1.82) is 0 Å². The quantitative estimate of drug-likeness (QED) is 0.558. The summed E-state index contributed by atoms with van der Waals surface area (Å²) in [4.78, 5) is 20.0. The first kappa shape index (κ1) is 9.81. The van der Waals surface area contributed by atoms with Gasteiger partial charge in [-0.3, -0.25) is 4.79 Å². The molecule has 7 heteroatoms. The van der Waals surface area contributed by atoms with Gasteiger partial charge in [0.2, 0.25) is 0 Å². The van der Waals surface area contributed by atoms with Gasteiger partial charge in [0.1, 0.15) is 6.09 Å². The molecule has 58 valence electrons. The van der Waals surface area contributed by atoms with Crippen molar-refractivity contribution in [1.82, 2.24) is 5.32 Å². The number of alkyl halides is 3. The van der Waals surface area contributed by atoms with E-state index in [2.05, 4.69) is 0 Å². The lowest BCUT2D eigenvalue weighted by Crippen LogP contribution is -2.45. The van der Waals surface area contributed by atoms with Gasteiger partial charge >= 0.3 is 0 Å². The van der Waals surface area contributed by atoms with Crippen molar-refractivity contribution in [2.45, 2.75) is 3.79 Å². The molecule has 0 saturated carbocycles. The monoisotopic (exact) mass is 204 g/mol. The molecule has 10 heavy (non-hydrogen) atoms. The van der Waals surface area contributed by atoms with Crippen LogP contribution in [0.15, 0.2) is 0 Å². The molecule has 0 spiro atoms. The zero-order chi connectivity index (χ0) is 8.36. The van der Waals surface area contributed by atoms with Crippen LogP contribution < -0.4 is 10.4 Å². The summed E-state index contributed by atoms with van der Waals surface area (Å²) in [6, 6.07) is 0. The summed E-state index contributed by atoms with van der Waals surface area (Å²) in [7, 11) is 0. The van der Waals surface area contributed by atoms with Crippen LogP contribution in [0.25, 0.3) is 0 Å². The first-order valence-corrected chi connectivity index (χ1v) is 3.06. The number of nitrogens with one attached hydrogen (secondary N) is 1. The standard InChI is InChI=1S/C3H2Cl3NO3/c4-3(5,6)1(8)7-2(9)10/h(H,7,8)(H,9,10)/p-1. The number of carboxylic acid groups (broad SMARTS) is 1. The molecule has 0 saturated heterocycles. The summed E-state index contributed by atoms with van der Waals surface area (Å²) < 4.78 is -2.26. The van der Waals surface area contributed by atoms with Gasteiger partial charge in [-0.1, -0.05) is 34.8 Å². The van der Waals surface area contributed by atoms with E-state index in [9.17, 15) is 14.7 Å². The van der Waals surface area contributed by atoms with Crippen LogP contribution in [0.5, 0.6) is 0 Å². The van der Waals surface area contributed by atoms with Crippen molar-refractivity contribution in [3.8, 4) is 0 Å². The van der Waals surface area contributed by atoms with Crippen LogP contribution in [0, 0.1) is 0 Å². The van der Waals surface area contributed by atoms with Crippen LogP contribution in [-0.2, 0) is 4.79 Å². The molecule has 0 aromatic heterocycles. The van der Waals surface area contributed by atoms with Gasteiger partial charge in [-0.05, 0) is 0 Å². The molecule has 0 rings (SSSR count). The Balaban J connectivity index is 3.99. The highest BCUT2D eigenvalue weighted by Crippen LogP contribution is 2.25. The number of rotatable bonds is 0. The van der Waals surface area contributed by atoms with Crippen molar-refractivity contribution in [3.05, 3.63) is 0 Å². The second-order valence-corrected chi connectivity index (χ2v) is 3.52. The number of amides is 2. The molecule has 4 nitrogen and oxygen atoms in total. The van der Waals surface area contributed by atoms with Gasteiger partial charge < -0.3 is 15.2 Å². The van der Waals surface area contributed by atoms with E-state index in [1.54, 1.807) is 0 Å². The topological polar surface area (TPSA) is 69.2 Å². The zero-order valence-electron chi connectivity index (χ0n) is 4.36. The normalized spacial score (nSPS) is 10.7. The number of hydrogen-bond donors (Lipinski definition) is 1. The van der Waals surface area contributed by atoms with Crippen LogP contribution in [0.3, 0.4) is 0 Å². The summed E-state index contributed by atoms with van der Waals surface area (Å²) in [6.07, 6.45) is -1.81. The number of imide groups is 1. The Hall–Kier alpha value is -0.190. The maximum atomic E-state index is 10.3. The molecule has 0 heterocycles. The second-order valence-electron chi connectivity index (χ2n) is 1.24. The van der Waals surface area contributed by atoms with Crippen LogP contribution in [-0.4, -0.2) is 15.8 Å². The summed E-state index contributed by atoms with van der Waals surface area (Å²) in [5, 5.41) is 10.9. The molecule has 0 bridgehead atoms. The Morgan fingerprint density at radius 1 is 1.30 bits per heavy atom. The number of carbonyl (C=O) groups is 2. The summed E-state index contributed by atoms with van der Waals surface area (Å²) in [5.74, 6) is -1.25. The Labute approximate surface area is 71.0 Å². The maximum Gasteiger partial charge on any atom is 0.277 e. The van der Waals surface area contributed by atoms with Gasteiger partial charge in [0.25, 0.3) is 9.70 Å². The minimum atomic E-state index is -2.26. The van der Waals surface area contributed by atoms with Crippen LogP contribution in [0.2, 0.25) is 0 Å². The van der Waals surface area contributed by atoms with Gasteiger partial charge in [0.05, 0.1) is 0 Å². The van der Waals surface area contributed by atoms with E-state index < -0.39 is 15.8 Å². The fourth-order valence-electron chi connectivity index (χ4n) is 0.164. The molecule has 0 unspecified atom stereocenters. The predicted octanol–water partition coefficient (Wildman–Crippen LogP) is -0.184. The van der Waals surface area contributed by atoms with Crippen LogP contribution >= 0.6 is 34.8 Å². The van der Waals surface area contributed by atoms with E-state index in [-0.39, 0.29) is 0 Å². The van der Waals surface area contributed by atoms with E-state index in [0.717, 1.165) is 0 Å². The molecule has 0 aromatic rings.